The quantitative estimate of drug-likeness (QED) is 0.600. The first-order valence-corrected chi connectivity index (χ1v) is 10.0. The van der Waals surface area contributed by atoms with Gasteiger partial charge in [0.1, 0.15) is 0 Å². The molecule has 2 aromatic heterocycles. The van der Waals surface area contributed by atoms with Crippen LogP contribution in [-0.4, -0.2) is 29.4 Å². The van der Waals surface area contributed by atoms with Crippen molar-refractivity contribution in [1.29, 1.82) is 0 Å². The molecular formula is C19H18N4O2S. The van der Waals surface area contributed by atoms with E-state index in [0.717, 1.165) is 39.0 Å². The monoisotopic (exact) mass is 366 g/mol. The maximum absolute atomic E-state index is 11.7. The van der Waals surface area contributed by atoms with Crippen LogP contribution < -0.4 is 5.32 Å². The molecule has 0 aliphatic carbocycles. The number of fused-ring (bicyclic) bond motifs is 2. The predicted octanol–water partition coefficient (Wildman–Crippen LogP) is 3.58. The van der Waals surface area contributed by atoms with Crippen LogP contribution in [0.15, 0.2) is 53.4 Å². The topological polar surface area (TPSA) is 76.9 Å². The number of nitrogens with one attached hydrogen (secondary N) is 1. The molecule has 0 fully saturated rings. The lowest BCUT2D eigenvalue weighted by molar-refractivity contribution is 0.602. The molecule has 0 bridgehead atoms. The molecule has 4 aromatic rings. The van der Waals surface area contributed by atoms with Gasteiger partial charge in [-0.2, -0.15) is 5.10 Å². The van der Waals surface area contributed by atoms with Gasteiger partial charge in [-0.15, -0.1) is 0 Å². The predicted molar refractivity (Wildman–Crippen MR) is 104 cm³/mol. The third-order valence-corrected chi connectivity index (χ3v) is 5.52. The summed E-state index contributed by atoms with van der Waals surface area (Å²) in [6, 6.07) is 14.7. The number of sulfone groups is 1. The first kappa shape index (κ1) is 16.5. The summed E-state index contributed by atoms with van der Waals surface area (Å²) in [5.74, 6) is 0. The smallest absolute Gasteiger partial charge is 0.175 e. The zero-order valence-corrected chi connectivity index (χ0v) is 15.5. The maximum atomic E-state index is 11.7. The molecule has 6 nitrogen and oxygen atoms in total. The van der Waals surface area contributed by atoms with E-state index in [1.165, 1.54) is 6.26 Å². The van der Waals surface area contributed by atoms with E-state index in [2.05, 4.69) is 10.4 Å². The van der Waals surface area contributed by atoms with Crippen LogP contribution in [0, 0.1) is 6.92 Å². The number of pyridine rings is 1. The second-order valence-corrected chi connectivity index (χ2v) is 8.35. The van der Waals surface area contributed by atoms with E-state index in [1.54, 1.807) is 28.9 Å². The minimum atomic E-state index is -3.22. The van der Waals surface area contributed by atoms with Gasteiger partial charge in [-0.1, -0.05) is 18.2 Å². The Labute approximate surface area is 151 Å². The first-order valence-electron chi connectivity index (χ1n) is 8.14. The molecule has 0 amide bonds. The van der Waals surface area contributed by atoms with Crippen LogP contribution in [0.3, 0.4) is 0 Å². The molecule has 0 atom stereocenters. The van der Waals surface area contributed by atoms with E-state index in [4.69, 9.17) is 4.98 Å². The molecule has 2 aromatic carbocycles. The van der Waals surface area contributed by atoms with Crippen LogP contribution in [0.25, 0.3) is 21.9 Å². The van der Waals surface area contributed by atoms with Gasteiger partial charge in [0.05, 0.1) is 27.2 Å². The Morgan fingerprint density at radius 1 is 1.04 bits per heavy atom. The van der Waals surface area contributed by atoms with Crippen LogP contribution >= 0.6 is 0 Å². The highest BCUT2D eigenvalue weighted by Gasteiger charge is 2.16. The van der Waals surface area contributed by atoms with E-state index in [-0.39, 0.29) is 0 Å². The summed E-state index contributed by atoms with van der Waals surface area (Å²) in [6.07, 6.45) is 1.20. The van der Waals surface area contributed by atoms with Crippen molar-refractivity contribution in [3.63, 3.8) is 0 Å². The third kappa shape index (κ3) is 2.70. The van der Waals surface area contributed by atoms with Crippen LogP contribution in [-0.2, 0) is 16.9 Å². The Balaban J connectivity index is 1.92. The minimum Gasteiger partial charge on any atom is -0.354 e. The largest absolute Gasteiger partial charge is 0.354 e. The number of hydrogen-bond donors (Lipinski definition) is 1. The number of hydrogen-bond acceptors (Lipinski definition) is 5. The van der Waals surface area contributed by atoms with Crippen LogP contribution in [0.1, 0.15) is 5.69 Å². The van der Waals surface area contributed by atoms with Gasteiger partial charge in [0, 0.05) is 24.4 Å². The van der Waals surface area contributed by atoms with Gasteiger partial charge in [-0.05, 0) is 37.3 Å². The van der Waals surface area contributed by atoms with Gasteiger partial charge in [0.15, 0.2) is 15.5 Å². The Bertz CT molecular complexity index is 1240. The Hall–Kier alpha value is -2.93. The molecule has 7 heteroatoms. The number of anilines is 2. The van der Waals surface area contributed by atoms with Gasteiger partial charge >= 0.3 is 0 Å². The highest BCUT2D eigenvalue weighted by Crippen LogP contribution is 2.34. The van der Waals surface area contributed by atoms with Gasteiger partial charge in [-0.25, -0.2) is 13.4 Å². The van der Waals surface area contributed by atoms with Gasteiger partial charge in [0.2, 0.25) is 0 Å². The van der Waals surface area contributed by atoms with Crippen LogP contribution in [0.5, 0.6) is 0 Å². The van der Waals surface area contributed by atoms with Crippen molar-refractivity contribution < 1.29 is 8.42 Å². The zero-order chi connectivity index (χ0) is 18.5. The molecule has 0 spiro atoms. The lowest BCUT2D eigenvalue weighted by atomic mass is 10.1. The molecule has 0 saturated carbocycles. The molecule has 26 heavy (non-hydrogen) atoms. The highest BCUT2D eigenvalue weighted by molar-refractivity contribution is 7.90. The van der Waals surface area contributed by atoms with Gasteiger partial charge < -0.3 is 5.32 Å². The molecule has 0 aliphatic rings. The zero-order valence-electron chi connectivity index (χ0n) is 14.7. The second-order valence-electron chi connectivity index (χ2n) is 6.33. The van der Waals surface area contributed by atoms with E-state index in [0.29, 0.717) is 4.90 Å². The fourth-order valence-corrected chi connectivity index (χ4v) is 3.79. The second kappa shape index (κ2) is 5.81. The van der Waals surface area contributed by atoms with Gasteiger partial charge in [0.25, 0.3) is 0 Å². The molecule has 1 N–H and O–H groups in total. The van der Waals surface area contributed by atoms with Crippen molar-refractivity contribution in [2.45, 2.75) is 11.8 Å². The molecule has 0 saturated heterocycles. The van der Waals surface area contributed by atoms with Crippen molar-refractivity contribution in [1.82, 2.24) is 14.8 Å². The standard InChI is InChI=1S/C19H18N4O2S/c1-12-17-18(20-13-8-10-14(11-9-13)26(3,24)25)15-6-4-5-7-16(15)21-19(17)23(2)22-12/h4-11H,1-3H3,(H,20,21). The van der Waals surface area contributed by atoms with Crippen LogP contribution in [0.2, 0.25) is 0 Å². The number of aromatic nitrogens is 3. The summed E-state index contributed by atoms with van der Waals surface area (Å²) >= 11 is 0. The first-order chi connectivity index (χ1) is 12.3. The van der Waals surface area contributed by atoms with E-state index in [1.807, 2.05) is 38.2 Å². The third-order valence-electron chi connectivity index (χ3n) is 4.39. The number of para-hydroxylation sites is 1. The lowest BCUT2D eigenvalue weighted by Gasteiger charge is -2.12. The summed E-state index contributed by atoms with van der Waals surface area (Å²) in [4.78, 5) is 5.02. The molecule has 2 heterocycles. The molecule has 0 aliphatic heterocycles. The number of aryl methyl sites for hydroxylation is 2. The average Bonchev–Trinajstić information content (AvgIpc) is 2.88. The Morgan fingerprint density at radius 3 is 2.42 bits per heavy atom. The van der Waals surface area contributed by atoms with E-state index >= 15 is 0 Å². The van der Waals surface area contributed by atoms with Gasteiger partial charge in [-0.3, -0.25) is 4.68 Å². The van der Waals surface area contributed by atoms with Crippen molar-refractivity contribution in [2.75, 3.05) is 11.6 Å². The summed E-state index contributed by atoms with van der Waals surface area (Å²) < 4.78 is 25.1. The summed E-state index contributed by atoms with van der Waals surface area (Å²) in [5.41, 5.74) is 4.28. The number of benzene rings is 2. The molecule has 4 rings (SSSR count). The molecular weight excluding hydrogens is 348 g/mol. The molecule has 132 valence electrons. The average molecular weight is 366 g/mol. The Kier molecular flexibility index (Phi) is 3.69. The van der Waals surface area contributed by atoms with Crippen molar-refractivity contribution in [3.8, 4) is 0 Å². The maximum Gasteiger partial charge on any atom is 0.175 e. The van der Waals surface area contributed by atoms with Crippen molar-refractivity contribution >= 4 is 43.1 Å². The lowest BCUT2D eigenvalue weighted by Crippen LogP contribution is -1.99. The number of rotatable bonds is 3. The van der Waals surface area contributed by atoms with Crippen molar-refractivity contribution in [2.24, 2.45) is 7.05 Å². The minimum absolute atomic E-state index is 0.297. The highest BCUT2D eigenvalue weighted by atomic mass is 32.2. The molecule has 0 unspecified atom stereocenters. The van der Waals surface area contributed by atoms with E-state index in [9.17, 15) is 8.42 Å². The van der Waals surface area contributed by atoms with Crippen LogP contribution in [0.4, 0.5) is 11.4 Å². The summed E-state index contributed by atoms with van der Waals surface area (Å²) in [6.45, 7) is 1.96. The summed E-state index contributed by atoms with van der Waals surface area (Å²) in [5, 5.41) is 9.88. The fraction of sp³-hybridized carbons (Fsp3) is 0.158. The number of nitrogens with zero attached hydrogens (tertiary/aromatic N) is 3. The normalized spacial score (nSPS) is 12.0. The Morgan fingerprint density at radius 2 is 1.73 bits per heavy atom. The fourth-order valence-electron chi connectivity index (χ4n) is 3.16. The SMILES string of the molecule is Cc1nn(C)c2nc3ccccc3c(Nc3ccc(S(C)(=O)=O)cc3)c12. The molecule has 0 radical (unpaired) electrons. The summed E-state index contributed by atoms with van der Waals surface area (Å²) in [7, 11) is -1.34. The van der Waals surface area contributed by atoms with E-state index < -0.39 is 9.84 Å². The van der Waals surface area contributed by atoms with Crippen molar-refractivity contribution in [3.05, 3.63) is 54.2 Å².